The molecule has 1 aromatic rings. The second-order valence-corrected chi connectivity index (χ2v) is 2.65. The predicted molar refractivity (Wildman–Crippen MR) is 44.5 cm³/mol. The molecule has 11 heavy (non-hydrogen) atoms. The number of nitrogens with one attached hydrogen (secondary N) is 1. The molecule has 4 nitrogen and oxygen atoms in total. The van der Waals surface area contributed by atoms with Gasteiger partial charge in [0, 0.05) is 12.1 Å². The lowest BCUT2D eigenvalue weighted by Crippen LogP contribution is -2.05. The molecule has 0 unspecified atom stereocenters. The van der Waals surface area contributed by atoms with Crippen molar-refractivity contribution in [1.29, 1.82) is 0 Å². The number of anilines is 1. The first-order chi connectivity index (χ1) is 5.20. The quantitative estimate of drug-likeness (QED) is 0.739. The van der Waals surface area contributed by atoms with Gasteiger partial charge in [-0.15, -0.1) is 5.10 Å². The molecule has 0 atom stereocenters. The van der Waals surface area contributed by atoms with Crippen molar-refractivity contribution in [3.8, 4) is 0 Å². The van der Waals surface area contributed by atoms with E-state index in [-0.39, 0.29) is 0 Å². The molecule has 0 aliphatic heterocycles. The van der Waals surface area contributed by atoms with E-state index in [0.717, 1.165) is 5.82 Å². The van der Waals surface area contributed by atoms with Gasteiger partial charge in [0.15, 0.2) is 0 Å². The van der Waals surface area contributed by atoms with Crippen LogP contribution in [0.1, 0.15) is 0 Å². The molecular weight excluding hydrogens is 164 g/mol. The van der Waals surface area contributed by atoms with E-state index in [9.17, 15) is 0 Å². The Kier molecular flexibility index (Phi) is 2.48. The monoisotopic (exact) mass is 172 g/mol. The third-order valence-corrected chi connectivity index (χ3v) is 1.31. The van der Waals surface area contributed by atoms with Crippen LogP contribution in [0.2, 0.25) is 0 Å². The van der Waals surface area contributed by atoms with E-state index in [1.54, 1.807) is 17.9 Å². The Morgan fingerprint density at radius 2 is 2.64 bits per heavy atom. The summed E-state index contributed by atoms with van der Waals surface area (Å²) in [6, 6.07) is 0. The van der Waals surface area contributed by atoms with Crippen molar-refractivity contribution in [2.75, 3.05) is 11.9 Å². The standard InChI is InChI=1S/C6H9ClN4/c1-5(7)3-8-6-4-9-10-11(6)2/h4,8H,1,3H2,2H3. The smallest absolute Gasteiger partial charge is 0.144 e. The van der Waals surface area contributed by atoms with Crippen LogP contribution in [0.15, 0.2) is 17.8 Å². The van der Waals surface area contributed by atoms with Crippen LogP contribution in [-0.2, 0) is 7.05 Å². The van der Waals surface area contributed by atoms with Crippen molar-refractivity contribution < 1.29 is 0 Å². The highest BCUT2D eigenvalue weighted by atomic mass is 35.5. The maximum absolute atomic E-state index is 5.54. The second kappa shape index (κ2) is 3.39. The van der Waals surface area contributed by atoms with E-state index in [0.29, 0.717) is 11.6 Å². The van der Waals surface area contributed by atoms with Crippen molar-refractivity contribution in [3.05, 3.63) is 17.8 Å². The van der Waals surface area contributed by atoms with Crippen molar-refractivity contribution in [1.82, 2.24) is 15.0 Å². The molecule has 1 N–H and O–H groups in total. The Balaban J connectivity index is 2.51. The van der Waals surface area contributed by atoms with Crippen LogP contribution in [0, 0.1) is 0 Å². The average Bonchev–Trinajstić information content (AvgIpc) is 2.31. The van der Waals surface area contributed by atoms with Crippen LogP contribution in [0.3, 0.4) is 0 Å². The molecule has 0 radical (unpaired) electrons. The molecule has 60 valence electrons. The first-order valence-electron chi connectivity index (χ1n) is 3.12. The fraction of sp³-hybridized carbons (Fsp3) is 0.333. The first-order valence-corrected chi connectivity index (χ1v) is 3.50. The van der Waals surface area contributed by atoms with Crippen LogP contribution in [0.4, 0.5) is 5.82 Å². The van der Waals surface area contributed by atoms with Gasteiger partial charge in [-0.3, -0.25) is 0 Å². The number of halogens is 1. The fourth-order valence-electron chi connectivity index (χ4n) is 0.636. The first kappa shape index (κ1) is 8.07. The molecule has 0 bridgehead atoms. The van der Waals surface area contributed by atoms with Crippen LogP contribution in [0.25, 0.3) is 0 Å². The lowest BCUT2D eigenvalue weighted by Gasteiger charge is -2.02. The Morgan fingerprint density at radius 1 is 1.91 bits per heavy atom. The maximum atomic E-state index is 5.54. The summed E-state index contributed by atoms with van der Waals surface area (Å²) in [6.45, 7) is 4.07. The minimum atomic E-state index is 0.531. The van der Waals surface area contributed by atoms with E-state index < -0.39 is 0 Å². The number of aryl methyl sites for hydroxylation is 1. The van der Waals surface area contributed by atoms with Crippen molar-refractivity contribution in [2.45, 2.75) is 0 Å². The van der Waals surface area contributed by atoms with E-state index in [4.69, 9.17) is 11.6 Å². The topological polar surface area (TPSA) is 42.7 Å². The van der Waals surface area contributed by atoms with Gasteiger partial charge in [0.2, 0.25) is 0 Å². The van der Waals surface area contributed by atoms with E-state index in [1.807, 2.05) is 0 Å². The van der Waals surface area contributed by atoms with E-state index in [1.165, 1.54) is 0 Å². The van der Waals surface area contributed by atoms with Gasteiger partial charge in [0.25, 0.3) is 0 Å². The lowest BCUT2D eigenvalue weighted by molar-refractivity contribution is 0.719. The molecule has 1 heterocycles. The predicted octanol–water partition coefficient (Wildman–Crippen LogP) is 0.979. The van der Waals surface area contributed by atoms with E-state index in [2.05, 4.69) is 22.2 Å². The number of rotatable bonds is 3. The Morgan fingerprint density at radius 3 is 3.09 bits per heavy atom. The van der Waals surface area contributed by atoms with Gasteiger partial charge >= 0.3 is 0 Å². The molecule has 1 rings (SSSR count). The molecule has 0 aliphatic rings. The van der Waals surface area contributed by atoms with Gasteiger partial charge in [-0.05, 0) is 0 Å². The number of aromatic nitrogens is 3. The summed E-state index contributed by atoms with van der Waals surface area (Å²) < 4.78 is 1.62. The average molecular weight is 173 g/mol. The van der Waals surface area contributed by atoms with Crippen LogP contribution in [0.5, 0.6) is 0 Å². The van der Waals surface area contributed by atoms with Crippen LogP contribution < -0.4 is 5.32 Å². The molecule has 1 aromatic heterocycles. The summed E-state index contributed by atoms with van der Waals surface area (Å²) >= 11 is 5.54. The molecule has 0 amide bonds. The van der Waals surface area contributed by atoms with Crippen molar-refractivity contribution >= 4 is 17.4 Å². The zero-order valence-electron chi connectivity index (χ0n) is 6.21. The molecule has 0 saturated heterocycles. The van der Waals surface area contributed by atoms with Gasteiger partial charge in [-0.2, -0.15) is 0 Å². The van der Waals surface area contributed by atoms with Gasteiger partial charge in [0.1, 0.15) is 5.82 Å². The summed E-state index contributed by atoms with van der Waals surface area (Å²) in [5.41, 5.74) is 0. The van der Waals surface area contributed by atoms with Crippen LogP contribution >= 0.6 is 11.6 Å². The molecule has 0 fully saturated rings. The zero-order valence-corrected chi connectivity index (χ0v) is 6.97. The fourth-order valence-corrected chi connectivity index (χ4v) is 0.703. The number of hydrogen-bond donors (Lipinski definition) is 1. The maximum Gasteiger partial charge on any atom is 0.144 e. The lowest BCUT2D eigenvalue weighted by atomic mass is 10.6. The SMILES string of the molecule is C=C(Cl)CNc1cnnn1C. The number of nitrogens with zero attached hydrogens (tertiary/aromatic N) is 3. The molecule has 0 saturated carbocycles. The van der Waals surface area contributed by atoms with E-state index >= 15 is 0 Å². The molecule has 5 heteroatoms. The normalized spacial score (nSPS) is 9.64. The minimum Gasteiger partial charge on any atom is -0.364 e. The summed E-state index contributed by atoms with van der Waals surface area (Å²) in [5, 5.41) is 11.0. The Bertz CT molecular complexity index is 255. The highest BCUT2D eigenvalue weighted by Crippen LogP contribution is 2.03. The van der Waals surface area contributed by atoms with Crippen molar-refractivity contribution in [2.24, 2.45) is 7.05 Å². The summed E-state index contributed by atoms with van der Waals surface area (Å²) in [4.78, 5) is 0. The third kappa shape index (κ3) is 2.23. The van der Waals surface area contributed by atoms with Gasteiger partial charge in [-0.25, -0.2) is 4.68 Å². The van der Waals surface area contributed by atoms with Crippen LogP contribution in [-0.4, -0.2) is 21.5 Å². The summed E-state index contributed by atoms with van der Waals surface area (Å²) in [5.74, 6) is 0.826. The summed E-state index contributed by atoms with van der Waals surface area (Å²) in [6.07, 6.45) is 1.62. The Hall–Kier alpha value is -1.03. The molecule has 0 aromatic carbocycles. The molecular formula is C6H9ClN4. The largest absolute Gasteiger partial charge is 0.364 e. The van der Waals surface area contributed by atoms with Gasteiger partial charge in [0.05, 0.1) is 12.7 Å². The second-order valence-electron chi connectivity index (χ2n) is 2.11. The highest BCUT2D eigenvalue weighted by Gasteiger charge is 1.96. The molecule has 0 spiro atoms. The Labute approximate surface area is 69.9 Å². The third-order valence-electron chi connectivity index (χ3n) is 1.18. The highest BCUT2D eigenvalue weighted by molar-refractivity contribution is 6.29. The molecule has 0 aliphatic carbocycles. The number of hydrogen-bond acceptors (Lipinski definition) is 3. The zero-order chi connectivity index (χ0) is 8.27. The summed E-state index contributed by atoms with van der Waals surface area (Å²) in [7, 11) is 1.80. The minimum absolute atomic E-state index is 0.531. The van der Waals surface area contributed by atoms with Crippen molar-refractivity contribution in [3.63, 3.8) is 0 Å². The van der Waals surface area contributed by atoms with Gasteiger partial charge < -0.3 is 5.32 Å². The van der Waals surface area contributed by atoms with Gasteiger partial charge in [-0.1, -0.05) is 23.4 Å².